The predicted octanol–water partition coefficient (Wildman–Crippen LogP) is 2.19. The lowest BCUT2D eigenvalue weighted by Crippen LogP contribution is -2.38. The summed E-state index contributed by atoms with van der Waals surface area (Å²) >= 11 is 0. The molecule has 0 saturated carbocycles. The Labute approximate surface area is 129 Å². The molecule has 1 amide bonds. The van der Waals surface area contributed by atoms with Crippen LogP contribution in [-0.4, -0.2) is 26.2 Å². The highest BCUT2D eigenvalue weighted by molar-refractivity contribution is 6.08. The minimum atomic E-state index is -0.0949. The SMILES string of the molecule is COc1ccccc1C(=O)N1CCOc2cc(CN)ccc21. The molecule has 114 valence electrons. The first-order chi connectivity index (χ1) is 10.7. The van der Waals surface area contributed by atoms with Crippen LogP contribution in [0.25, 0.3) is 0 Å². The van der Waals surface area contributed by atoms with Crippen LogP contribution in [0.2, 0.25) is 0 Å². The number of benzene rings is 2. The van der Waals surface area contributed by atoms with Gasteiger partial charge in [0.2, 0.25) is 0 Å². The minimum absolute atomic E-state index is 0.0949. The second-order valence-corrected chi connectivity index (χ2v) is 5.01. The highest BCUT2D eigenvalue weighted by Gasteiger charge is 2.26. The largest absolute Gasteiger partial charge is 0.496 e. The molecule has 5 heteroatoms. The second-order valence-electron chi connectivity index (χ2n) is 5.01. The molecule has 0 radical (unpaired) electrons. The number of rotatable bonds is 3. The van der Waals surface area contributed by atoms with Crippen LogP contribution in [-0.2, 0) is 6.54 Å². The number of hydrogen-bond acceptors (Lipinski definition) is 4. The number of methoxy groups -OCH3 is 1. The summed E-state index contributed by atoms with van der Waals surface area (Å²) in [7, 11) is 1.56. The summed E-state index contributed by atoms with van der Waals surface area (Å²) in [5.74, 6) is 1.17. The normalized spacial score (nSPS) is 13.3. The predicted molar refractivity (Wildman–Crippen MR) is 84.5 cm³/mol. The third-order valence-electron chi connectivity index (χ3n) is 3.71. The van der Waals surface area contributed by atoms with Gasteiger partial charge < -0.3 is 20.1 Å². The molecule has 0 spiro atoms. The van der Waals surface area contributed by atoms with Crippen molar-refractivity contribution in [1.29, 1.82) is 0 Å². The molecule has 1 aliphatic heterocycles. The summed E-state index contributed by atoms with van der Waals surface area (Å²) in [6, 6.07) is 12.9. The molecular formula is C17H18N2O3. The standard InChI is InChI=1S/C17H18N2O3/c1-21-15-5-3-2-4-13(15)17(20)19-8-9-22-16-10-12(11-18)6-7-14(16)19/h2-7,10H,8-9,11,18H2,1H3. The van der Waals surface area contributed by atoms with E-state index in [-0.39, 0.29) is 5.91 Å². The van der Waals surface area contributed by atoms with Crippen LogP contribution in [0.3, 0.4) is 0 Å². The Balaban J connectivity index is 1.98. The van der Waals surface area contributed by atoms with Gasteiger partial charge in [-0.3, -0.25) is 4.79 Å². The molecule has 0 aromatic heterocycles. The number of ether oxygens (including phenoxy) is 2. The fourth-order valence-electron chi connectivity index (χ4n) is 2.57. The van der Waals surface area contributed by atoms with E-state index in [2.05, 4.69) is 0 Å². The van der Waals surface area contributed by atoms with Gasteiger partial charge in [-0.1, -0.05) is 18.2 Å². The van der Waals surface area contributed by atoms with Gasteiger partial charge in [-0.15, -0.1) is 0 Å². The van der Waals surface area contributed by atoms with E-state index in [4.69, 9.17) is 15.2 Å². The molecule has 2 N–H and O–H groups in total. The van der Waals surface area contributed by atoms with Gasteiger partial charge in [0.15, 0.2) is 0 Å². The summed E-state index contributed by atoms with van der Waals surface area (Å²) in [5, 5.41) is 0. The van der Waals surface area contributed by atoms with Crippen molar-refractivity contribution in [3.8, 4) is 11.5 Å². The molecule has 0 bridgehead atoms. The number of para-hydroxylation sites is 1. The number of amides is 1. The van der Waals surface area contributed by atoms with Gasteiger partial charge >= 0.3 is 0 Å². The molecule has 2 aromatic carbocycles. The lowest BCUT2D eigenvalue weighted by molar-refractivity contribution is 0.0973. The molecule has 1 heterocycles. The van der Waals surface area contributed by atoms with Crippen molar-refractivity contribution in [3.05, 3.63) is 53.6 Å². The Bertz CT molecular complexity index is 700. The molecule has 0 fully saturated rings. The highest BCUT2D eigenvalue weighted by atomic mass is 16.5. The lowest BCUT2D eigenvalue weighted by atomic mass is 10.1. The number of fused-ring (bicyclic) bond motifs is 1. The van der Waals surface area contributed by atoms with Crippen LogP contribution in [0.5, 0.6) is 11.5 Å². The Hall–Kier alpha value is -2.53. The Kier molecular flexibility index (Phi) is 3.98. The molecule has 0 atom stereocenters. The fraction of sp³-hybridized carbons (Fsp3) is 0.235. The molecule has 0 saturated heterocycles. The van der Waals surface area contributed by atoms with E-state index in [9.17, 15) is 4.79 Å². The molecule has 2 aromatic rings. The Morgan fingerprint density at radius 3 is 2.91 bits per heavy atom. The van der Waals surface area contributed by atoms with Crippen LogP contribution in [0.1, 0.15) is 15.9 Å². The van der Waals surface area contributed by atoms with Gasteiger partial charge in [0, 0.05) is 6.54 Å². The van der Waals surface area contributed by atoms with E-state index in [0.29, 0.717) is 36.8 Å². The number of nitrogens with two attached hydrogens (primary N) is 1. The molecule has 1 aliphatic rings. The Morgan fingerprint density at radius 2 is 2.14 bits per heavy atom. The third-order valence-corrected chi connectivity index (χ3v) is 3.71. The van der Waals surface area contributed by atoms with E-state index in [0.717, 1.165) is 11.3 Å². The molecule has 0 unspecified atom stereocenters. The molecule has 3 rings (SSSR count). The summed E-state index contributed by atoms with van der Waals surface area (Å²) in [6.07, 6.45) is 0. The first-order valence-corrected chi connectivity index (χ1v) is 7.15. The maximum absolute atomic E-state index is 12.9. The van der Waals surface area contributed by atoms with Crippen LogP contribution < -0.4 is 20.1 Å². The van der Waals surface area contributed by atoms with Crippen LogP contribution in [0.4, 0.5) is 5.69 Å². The third kappa shape index (κ3) is 2.51. The summed E-state index contributed by atoms with van der Waals surface area (Å²) in [4.78, 5) is 14.6. The van der Waals surface area contributed by atoms with Crippen molar-refractivity contribution >= 4 is 11.6 Å². The number of nitrogens with zero attached hydrogens (tertiary/aromatic N) is 1. The maximum Gasteiger partial charge on any atom is 0.262 e. The average Bonchev–Trinajstić information content (AvgIpc) is 2.60. The van der Waals surface area contributed by atoms with Crippen molar-refractivity contribution in [2.45, 2.75) is 6.54 Å². The average molecular weight is 298 g/mol. The molecule has 22 heavy (non-hydrogen) atoms. The van der Waals surface area contributed by atoms with Crippen molar-refractivity contribution in [2.24, 2.45) is 5.73 Å². The zero-order chi connectivity index (χ0) is 15.5. The minimum Gasteiger partial charge on any atom is -0.496 e. The van der Waals surface area contributed by atoms with Crippen molar-refractivity contribution in [1.82, 2.24) is 0 Å². The molecule has 0 aliphatic carbocycles. The summed E-state index contributed by atoms with van der Waals surface area (Å²) in [5.41, 5.74) is 7.94. The molecule has 5 nitrogen and oxygen atoms in total. The van der Waals surface area contributed by atoms with Gasteiger partial charge in [0.05, 0.1) is 24.9 Å². The number of hydrogen-bond donors (Lipinski definition) is 1. The fourth-order valence-corrected chi connectivity index (χ4v) is 2.57. The number of carbonyl (C=O) groups is 1. The number of anilines is 1. The summed E-state index contributed by atoms with van der Waals surface area (Å²) < 4.78 is 10.9. The van der Waals surface area contributed by atoms with E-state index >= 15 is 0 Å². The first kappa shape index (κ1) is 14.4. The van der Waals surface area contributed by atoms with Crippen LogP contribution in [0.15, 0.2) is 42.5 Å². The quantitative estimate of drug-likeness (QED) is 0.943. The zero-order valence-corrected chi connectivity index (χ0v) is 12.4. The summed E-state index contributed by atoms with van der Waals surface area (Å²) in [6.45, 7) is 1.41. The number of carbonyl (C=O) groups excluding carboxylic acids is 1. The van der Waals surface area contributed by atoms with Crippen LogP contribution in [0, 0.1) is 0 Å². The zero-order valence-electron chi connectivity index (χ0n) is 12.4. The molecular weight excluding hydrogens is 280 g/mol. The lowest BCUT2D eigenvalue weighted by Gasteiger charge is -2.30. The van der Waals surface area contributed by atoms with Crippen molar-refractivity contribution in [3.63, 3.8) is 0 Å². The second kappa shape index (κ2) is 6.07. The maximum atomic E-state index is 12.9. The van der Waals surface area contributed by atoms with Gasteiger partial charge in [-0.05, 0) is 29.8 Å². The van der Waals surface area contributed by atoms with Gasteiger partial charge in [-0.25, -0.2) is 0 Å². The van der Waals surface area contributed by atoms with E-state index in [1.807, 2.05) is 30.3 Å². The van der Waals surface area contributed by atoms with Gasteiger partial charge in [-0.2, -0.15) is 0 Å². The van der Waals surface area contributed by atoms with E-state index in [1.165, 1.54) is 0 Å². The first-order valence-electron chi connectivity index (χ1n) is 7.15. The van der Waals surface area contributed by atoms with Gasteiger partial charge in [0.1, 0.15) is 18.1 Å². The smallest absolute Gasteiger partial charge is 0.262 e. The van der Waals surface area contributed by atoms with Gasteiger partial charge in [0.25, 0.3) is 5.91 Å². The Morgan fingerprint density at radius 1 is 1.32 bits per heavy atom. The van der Waals surface area contributed by atoms with E-state index in [1.54, 1.807) is 24.1 Å². The monoisotopic (exact) mass is 298 g/mol. The van der Waals surface area contributed by atoms with Crippen LogP contribution >= 0.6 is 0 Å². The van der Waals surface area contributed by atoms with E-state index < -0.39 is 0 Å². The topological polar surface area (TPSA) is 64.8 Å². The van der Waals surface area contributed by atoms with Crippen molar-refractivity contribution in [2.75, 3.05) is 25.2 Å². The van der Waals surface area contributed by atoms with Crippen molar-refractivity contribution < 1.29 is 14.3 Å². The highest BCUT2D eigenvalue weighted by Crippen LogP contribution is 2.34.